The van der Waals surface area contributed by atoms with Crippen molar-refractivity contribution in [3.8, 4) is 21.1 Å². The lowest BCUT2D eigenvalue weighted by Crippen LogP contribution is -2.12. The molecule has 0 atom stereocenters. The highest BCUT2D eigenvalue weighted by Gasteiger charge is 2.16. The second kappa shape index (κ2) is 8.06. The van der Waals surface area contributed by atoms with Gasteiger partial charge in [-0.3, -0.25) is 4.79 Å². The van der Waals surface area contributed by atoms with Crippen molar-refractivity contribution < 1.29 is 4.79 Å². The third-order valence-corrected chi connectivity index (χ3v) is 6.95. The second-order valence-corrected chi connectivity index (χ2v) is 9.23. The summed E-state index contributed by atoms with van der Waals surface area (Å²) in [6, 6.07) is 19.5. The van der Waals surface area contributed by atoms with Crippen LogP contribution in [-0.4, -0.2) is 15.9 Å². The number of hydrogen-bond donors (Lipinski definition) is 1. The van der Waals surface area contributed by atoms with E-state index in [2.05, 4.69) is 18.3 Å². The van der Waals surface area contributed by atoms with Crippen LogP contribution < -0.4 is 5.32 Å². The van der Waals surface area contributed by atoms with Gasteiger partial charge in [-0.15, -0.1) is 22.7 Å². The lowest BCUT2D eigenvalue weighted by atomic mass is 10.1. The van der Waals surface area contributed by atoms with Crippen LogP contribution in [0.25, 0.3) is 32.2 Å². The van der Waals surface area contributed by atoms with Crippen molar-refractivity contribution in [1.29, 1.82) is 0 Å². The molecule has 0 aliphatic rings. The summed E-state index contributed by atoms with van der Waals surface area (Å²) in [6.45, 7) is 4.09. The zero-order chi connectivity index (χ0) is 21.4. The second-order valence-electron chi connectivity index (χ2n) is 7.33. The molecule has 5 rings (SSSR count). The van der Waals surface area contributed by atoms with Crippen LogP contribution >= 0.6 is 22.7 Å². The van der Waals surface area contributed by atoms with E-state index in [1.807, 2.05) is 66.2 Å². The third kappa shape index (κ3) is 3.87. The Morgan fingerprint density at radius 1 is 0.774 bits per heavy atom. The predicted molar refractivity (Wildman–Crippen MR) is 130 cm³/mol. The highest BCUT2D eigenvalue weighted by Crippen LogP contribution is 2.35. The maximum absolute atomic E-state index is 12.9. The summed E-state index contributed by atoms with van der Waals surface area (Å²) in [7, 11) is 0. The average molecular weight is 442 g/mol. The Bertz CT molecular complexity index is 1390. The maximum atomic E-state index is 12.9. The van der Waals surface area contributed by atoms with Crippen molar-refractivity contribution in [3.63, 3.8) is 0 Å². The Balaban J connectivity index is 1.55. The van der Waals surface area contributed by atoms with E-state index in [-0.39, 0.29) is 5.91 Å². The van der Waals surface area contributed by atoms with Crippen LogP contribution in [0.15, 0.2) is 71.4 Å². The molecule has 152 valence electrons. The summed E-state index contributed by atoms with van der Waals surface area (Å²) in [5.41, 5.74) is 6.87. The minimum atomic E-state index is -0.160. The van der Waals surface area contributed by atoms with Crippen molar-refractivity contribution in [2.75, 3.05) is 5.32 Å². The van der Waals surface area contributed by atoms with E-state index in [0.717, 1.165) is 37.9 Å². The molecule has 2 aromatic carbocycles. The first-order valence-corrected chi connectivity index (χ1v) is 11.6. The van der Waals surface area contributed by atoms with Crippen LogP contribution in [-0.2, 0) is 0 Å². The first kappa shape index (κ1) is 19.6. The molecule has 0 saturated carbocycles. The van der Waals surface area contributed by atoms with Crippen LogP contribution in [0.4, 0.5) is 5.69 Å². The van der Waals surface area contributed by atoms with Gasteiger partial charge in [-0.25, -0.2) is 9.97 Å². The van der Waals surface area contributed by atoms with Gasteiger partial charge in [-0.2, -0.15) is 0 Å². The van der Waals surface area contributed by atoms with Crippen LogP contribution in [0.3, 0.4) is 0 Å². The summed E-state index contributed by atoms with van der Waals surface area (Å²) in [5, 5.41) is 7.06. The van der Waals surface area contributed by atoms with Crippen LogP contribution in [0, 0.1) is 13.8 Å². The van der Waals surface area contributed by atoms with Gasteiger partial charge >= 0.3 is 0 Å². The maximum Gasteiger partial charge on any atom is 0.255 e. The molecule has 0 aliphatic heterocycles. The topological polar surface area (TPSA) is 54.9 Å². The molecular weight excluding hydrogens is 422 g/mol. The number of benzene rings is 2. The number of nitrogens with one attached hydrogen (secondary N) is 1. The van der Waals surface area contributed by atoms with Gasteiger partial charge in [-0.05, 0) is 78.2 Å². The predicted octanol–water partition coefficient (Wildman–Crippen LogP) is 6.96. The van der Waals surface area contributed by atoms with E-state index in [4.69, 9.17) is 9.97 Å². The van der Waals surface area contributed by atoms with Gasteiger partial charge in [0.15, 0.2) is 0 Å². The number of rotatable bonds is 4. The van der Waals surface area contributed by atoms with Gasteiger partial charge in [0, 0.05) is 11.3 Å². The quantitative estimate of drug-likeness (QED) is 0.328. The third-order valence-electron chi connectivity index (χ3n) is 5.20. The molecule has 0 bridgehead atoms. The molecule has 0 saturated heterocycles. The molecule has 31 heavy (non-hydrogen) atoms. The van der Waals surface area contributed by atoms with Gasteiger partial charge in [0.2, 0.25) is 0 Å². The number of carbonyl (C=O) groups is 1. The molecule has 0 aliphatic carbocycles. The smallest absolute Gasteiger partial charge is 0.255 e. The Morgan fingerprint density at radius 2 is 1.45 bits per heavy atom. The largest absolute Gasteiger partial charge is 0.322 e. The van der Waals surface area contributed by atoms with Crippen molar-refractivity contribution in [1.82, 2.24) is 9.97 Å². The lowest BCUT2D eigenvalue weighted by molar-refractivity contribution is 0.102. The Morgan fingerprint density at radius 3 is 2.06 bits per heavy atom. The first-order valence-electron chi connectivity index (χ1n) is 9.86. The fourth-order valence-corrected chi connectivity index (χ4v) is 4.82. The number of anilines is 1. The number of aromatic nitrogens is 2. The molecule has 1 N–H and O–H groups in total. The molecule has 0 radical (unpaired) electrons. The summed E-state index contributed by atoms with van der Waals surface area (Å²) in [5.74, 6) is -0.160. The molecule has 0 fully saturated rings. The number of nitrogens with zero attached hydrogens (tertiary/aromatic N) is 2. The molecule has 4 nitrogen and oxygen atoms in total. The van der Waals surface area contributed by atoms with Gasteiger partial charge in [0.1, 0.15) is 11.4 Å². The minimum Gasteiger partial charge on any atom is -0.322 e. The Kier molecular flexibility index (Phi) is 5.10. The van der Waals surface area contributed by atoms with E-state index in [1.54, 1.807) is 28.7 Å². The minimum absolute atomic E-state index is 0.160. The number of hydrogen-bond acceptors (Lipinski definition) is 5. The zero-order valence-corrected chi connectivity index (χ0v) is 18.7. The average Bonchev–Trinajstić information content (AvgIpc) is 3.49. The lowest BCUT2D eigenvalue weighted by Gasteiger charge is -2.10. The zero-order valence-electron chi connectivity index (χ0n) is 17.0. The van der Waals surface area contributed by atoms with Crippen molar-refractivity contribution in [2.45, 2.75) is 13.8 Å². The van der Waals surface area contributed by atoms with Crippen LogP contribution in [0.5, 0.6) is 0 Å². The molecule has 5 aromatic rings. The summed E-state index contributed by atoms with van der Waals surface area (Å²) in [6.07, 6.45) is 0. The van der Waals surface area contributed by atoms with Gasteiger partial charge in [0.25, 0.3) is 5.91 Å². The van der Waals surface area contributed by atoms with Crippen molar-refractivity contribution in [2.24, 2.45) is 0 Å². The number of fused-ring (bicyclic) bond motifs is 1. The van der Waals surface area contributed by atoms with Crippen molar-refractivity contribution >= 4 is 45.3 Å². The molecule has 3 heterocycles. The fraction of sp³-hybridized carbons (Fsp3) is 0.0800. The van der Waals surface area contributed by atoms with Gasteiger partial charge < -0.3 is 5.32 Å². The van der Waals surface area contributed by atoms with E-state index in [0.29, 0.717) is 11.1 Å². The normalized spacial score (nSPS) is 11.0. The van der Waals surface area contributed by atoms with E-state index < -0.39 is 0 Å². The summed E-state index contributed by atoms with van der Waals surface area (Å²) >= 11 is 3.28. The number of thiophene rings is 2. The summed E-state index contributed by atoms with van der Waals surface area (Å²) < 4.78 is 0. The Hall–Kier alpha value is -3.35. The fourth-order valence-electron chi connectivity index (χ4n) is 3.39. The van der Waals surface area contributed by atoms with E-state index in [9.17, 15) is 4.79 Å². The highest BCUT2D eigenvalue weighted by atomic mass is 32.1. The number of carbonyl (C=O) groups excluding carboxylic acids is 1. The van der Waals surface area contributed by atoms with Crippen LogP contribution in [0.2, 0.25) is 0 Å². The molecule has 3 aromatic heterocycles. The van der Waals surface area contributed by atoms with Crippen molar-refractivity contribution in [3.05, 3.63) is 88.1 Å². The standard InChI is InChI=1S/C25H19N3OS2/c1-15-7-9-18(13-16(15)2)26-25(29)17-8-10-19-20(14-17)28-24(22-6-4-12-31-22)23(27-19)21-5-3-11-30-21/h3-14H,1-2H3,(H,26,29). The Labute approximate surface area is 188 Å². The summed E-state index contributed by atoms with van der Waals surface area (Å²) in [4.78, 5) is 24.8. The molecule has 0 spiro atoms. The number of aryl methyl sites for hydroxylation is 2. The molecule has 6 heteroatoms. The first-order chi connectivity index (χ1) is 15.1. The van der Waals surface area contributed by atoms with E-state index in [1.165, 1.54) is 5.56 Å². The molecule has 0 unspecified atom stereocenters. The van der Waals surface area contributed by atoms with E-state index >= 15 is 0 Å². The SMILES string of the molecule is Cc1ccc(NC(=O)c2ccc3nc(-c4cccs4)c(-c4cccs4)nc3c2)cc1C. The molecular formula is C25H19N3OS2. The monoisotopic (exact) mass is 441 g/mol. The van der Waals surface area contributed by atoms with Gasteiger partial charge in [0.05, 0.1) is 20.8 Å². The number of amides is 1. The van der Waals surface area contributed by atoms with Crippen LogP contribution in [0.1, 0.15) is 21.5 Å². The molecule has 1 amide bonds. The van der Waals surface area contributed by atoms with Gasteiger partial charge in [-0.1, -0.05) is 18.2 Å². The highest BCUT2D eigenvalue weighted by molar-refractivity contribution is 7.14.